The number of halogens is 3. The number of nitrogens with zero attached hydrogens (tertiary/aromatic N) is 2. The maximum Gasteiger partial charge on any atom is 0.416 e. The van der Waals surface area contributed by atoms with E-state index < -0.39 is 11.7 Å². The van der Waals surface area contributed by atoms with Gasteiger partial charge >= 0.3 is 12.1 Å². The first-order chi connectivity index (χ1) is 23.8. The fraction of sp³-hybridized carbons (Fsp3) is 0.333. The van der Waals surface area contributed by atoms with Crippen molar-refractivity contribution in [3.63, 3.8) is 0 Å². The minimum absolute atomic E-state index is 0.151. The standard InChI is InChI=1S/C39H40F3N3O4/c40-39(41,42)31-12-10-28(11-13-31)34-8-4-5-9-35(34)37(46)43-32-14-16-33(17-15-32)45-20-18-30(19-21-45)36(29-6-2-1-3-7-29)38(47)49-27-24-44-22-25-48-26-23-44/h1-17,30,36H,18-27H2,(H,43,46). The Morgan fingerprint density at radius 2 is 1.47 bits per heavy atom. The predicted molar refractivity (Wildman–Crippen MR) is 184 cm³/mol. The number of rotatable bonds is 10. The van der Waals surface area contributed by atoms with Crippen LogP contribution < -0.4 is 10.2 Å². The molecule has 0 aliphatic carbocycles. The molecule has 0 radical (unpaired) electrons. The minimum Gasteiger partial charge on any atom is -0.464 e. The number of carbonyl (C=O) groups excluding carboxylic acids is 2. The number of morpholine rings is 1. The maximum atomic E-state index is 13.5. The molecule has 2 saturated heterocycles. The number of carbonyl (C=O) groups is 2. The molecule has 4 aromatic rings. The molecule has 1 atom stereocenters. The Morgan fingerprint density at radius 1 is 0.816 bits per heavy atom. The van der Waals surface area contributed by atoms with Gasteiger partial charge in [-0.3, -0.25) is 14.5 Å². The molecule has 10 heteroatoms. The van der Waals surface area contributed by atoms with Crippen LogP contribution in [0.5, 0.6) is 0 Å². The molecule has 0 saturated carbocycles. The van der Waals surface area contributed by atoms with Crippen LogP contribution in [-0.2, 0) is 20.4 Å². The van der Waals surface area contributed by atoms with Crippen molar-refractivity contribution in [3.05, 3.63) is 120 Å². The molecule has 6 rings (SSSR count). The topological polar surface area (TPSA) is 71.1 Å². The van der Waals surface area contributed by atoms with E-state index in [1.807, 2.05) is 54.6 Å². The lowest BCUT2D eigenvalue weighted by atomic mass is 9.80. The van der Waals surface area contributed by atoms with Crippen LogP contribution in [0.25, 0.3) is 11.1 Å². The molecule has 1 amide bonds. The normalized spacial score (nSPS) is 16.6. The number of ether oxygens (including phenoxy) is 2. The van der Waals surface area contributed by atoms with Gasteiger partial charge in [0, 0.05) is 49.7 Å². The molecular formula is C39H40F3N3O4. The molecule has 2 fully saturated rings. The van der Waals surface area contributed by atoms with E-state index in [4.69, 9.17) is 9.47 Å². The molecule has 1 unspecified atom stereocenters. The van der Waals surface area contributed by atoms with Crippen LogP contribution in [0, 0.1) is 5.92 Å². The van der Waals surface area contributed by atoms with E-state index in [9.17, 15) is 22.8 Å². The van der Waals surface area contributed by atoms with E-state index in [1.54, 1.807) is 24.3 Å². The summed E-state index contributed by atoms with van der Waals surface area (Å²) in [6, 6.07) is 29.2. The lowest BCUT2D eigenvalue weighted by Gasteiger charge is -2.36. The highest BCUT2D eigenvalue weighted by atomic mass is 19.4. The molecule has 7 nitrogen and oxygen atoms in total. The number of hydrogen-bond acceptors (Lipinski definition) is 6. The summed E-state index contributed by atoms with van der Waals surface area (Å²) in [5, 5.41) is 2.93. The number of benzene rings is 4. The Hall–Kier alpha value is -4.67. The second-order valence-corrected chi connectivity index (χ2v) is 12.5. The number of amides is 1. The third-order valence-corrected chi connectivity index (χ3v) is 9.36. The van der Waals surface area contributed by atoms with E-state index in [0.29, 0.717) is 48.7 Å². The minimum atomic E-state index is -4.43. The summed E-state index contributed by atoms with van der Waals surface area (Å²) >= 11 is 0. The summed E-state index contributed by atoms with van der Waals surface area (Å²) in [4.78, 5) is 31.3. The largest absolute Gasteiger partial charge is 0.464 e. The molecule has 0 bridgehead atoms. The van der Waals surface area contributed by atoms with Crippen LogP contribution >= 0.6 is 0 Å². The lowest BCUT2D eigenvalue weighted by Crippen LogP contribution is -2.40. The van der Waals surface area contributed by atoms with Gasteiger partial charge in [-0.2, -0.15) is 13.2 Å². The average Bonchev–Trinajstić information content (AvgIpc) is 3.13. The summed E-state index contributed by atoms with van der Waals surface area (Å²) in [5.41, 5.74) is 3.30. The van der Waals surface area contributed by atoms with Crippen LogP contribution in [0.15, 0.2) is 103 Å². The van der Waals surface area contributed by atoms with Crippen molar-refractivity contribution in [2.45, 2.75) is 24.9 Å². The molecule has 1 N–H and O–H groups in total. The fourth-order valence-corrected chi connectivity index (χ4v) is 6.67. The van der Waals surface area contributed by atoms with Gasteiger partial charge in [0.2, 0.25) is 0 Å². The van der Waals surface area contributed by atoms with E-state index >= 15 is 0 Å². The molecule has 0 spiro atoms. The molecule has 2 aliphatic rings. The van der Waals surface area contributed by atoms with E-state index in [1.165, 1.54) is 12.1 Å². The Bertz CT molecular complexity index is 1680. The second-order valence-electron chi connectivity index (χ2n) is 12.5. The van der Waals surface area contributed by atoms with E-state index in [0.717, 1.165) is 62.4 Å². The summed E-state index contributed by atoms with van der Waals surface area (Å²) < 4.78 is 50.4. The van der Waals surface area contributed by atoms with Gasteiger partial charge in [-0.15, -0.1) is 0 Å². The van der Waals surface area contributed by atoms with Gasteiger partial charge in [-0.1, -0.05) is 60.7 Å². The first-order valence-corrected chi connectivity index (χ1v) is 16.7. The van der Waals surface area contributed by atoms with Crippen LogP contribution in [0.2, 0.25) is 0 Å². The van der Waals surface area contributed by atoms with Crippen molar-refractivity contribution in [2.24, 2.45) is 5.92 Å². The van der Waals surface area contributed by atoms with Gasteiger partial charge in [0.1, 0.15) is 6.61 Å². The van der Waals surface area contributed by atoms with Crippen LogP contribution in [-0.4, -0.2) is 69.3 Å². The molecular weight excluding hydrogens is 631 g/mol. The highest BCUT2D eigenvalue weighted by Gasteiger charge is 2.34. The summed E-state index contributed by atoms with van der Waals surface area (Å²) in [7, 11) is 0. The third kappa shape index (κ3) is 8.68. The SMILES string of the molecule is O=C(Nc1ccc(N2CCC(C(C(=O)OCCN3CCOCC3)c3ccccc3)CC2)cc1)c1ccccc1-c1ccc(C(F)(F)F)cc1. The molecule has 256 valence electrons. The van der Waals surface area contributed by atoms with Gasteiger partial charge in [-0.05, 0) is 77.9 Å². The van der Waals surface area contributed by atoms with E-state index in [-0.39, 0.29) is 23.7 Å². The first kappa shape index (κ1) is 34.2. The van der Waals surface area contributed by atoms with Crippen LogP contribution in [0.3, 0.4) is 0 Å². The molecule has 2 heterocycles. The quantitative estimate of drug-likeness (QED) is 0.176. The zero-order chi connectivity index (χ0) is 34.2. The van der Waals surface area contributed by atoms with E-state index in [2.05, 4.69) is 15.1 Å². The van der Waals surface area contributed by atoms with Gasteiger partial charge in [-0.25, -0.2) is 0 Å². The Labute approximate surface area is 284 Å². The van der Waals surface area contributed by atoms with Crippen molar-refractivity contribution in [2.75, 3.05) is 62.8 Å². The molecule has 0 aromatic heterocycles. The molecule has 4 aromatic carbocycles. The summed E-state index contributed by atoms with van der Waals surface area (Å²) in [5.74, 6) is -0.695. The fourth-order valence-electron chi connectivity index (χ4n) is 6.67. The van der Waals surface area contributed by atoms with Gasteiger partial charge in [0.05, 0.1) is 24.7 Å². The zero-order valence-corrected chi connectivity index (χ0v) is 27.2. The van der Waals surface area contributed by atoms with Crippen LogP contribution in [0.4, 0.5) is 24.5 Å². The van der Waals surface area contributed by atoms with Gasteiger partial charge < -0.3 is 19.7 Å². The van der Waals surface area contributed by atoms with Gasteiger partial charge in [0.15, 0.2) is 0 Å². The summed E-state index contributed by atoms with van der Waals surface area (Å²) in [6.07, 6.45) is -2.77. The smallest absolute Gasteiger partial charge is 0.416 e. The predicted octanol–water partition coefficient (Wildman–Crippen LogP) is 7.50. The molecule has 49 heavy (non-hydrogen) atoms. The van der Waals surface area contributed by atoms with Crippen LogP contribution in [0.1, 0.15) is 40.2 Å². The number of anilines is 2. The third-order valence-electron chi connectivity index (χ3n) is 9.36. The number of piperidine rings is 1. The number of alkyl halides is 3. The van der Waals surface area contributed by atoms with Crippen molar-refractivity contribution < 1.29 is 32.2 Å². The van der Waals surface area contributed by atoms with Crippen molar-refractivity contribution in [3.8, 4) is 11.1 Å². The summed E-state index contributed by atoms with van der Waals surface area (Å²) in [6.45, 7) is 5.75. The Morgan fingerprint density at radius 3 is 2.14 bits per heavy atom. The lowest BCUT2D eigenvalue weighted by molar-refractivity contribution is -0.148. The average molecular weight is 672 g/mol. The van der Waals surface area contributed by atoms with Crippen molar-refractivity contribution in [1.29, 1.82) is 0 Å². The first-order valence-electron chi connectivity index (χ1n) is 16.7. The molecule has 2 aliphatic heterocycles. The monoisotopic (exact) mass is 671 g/mol. The number of hydrogen-bond donors (Lipinski definition) is 1. The number of esters is 1. The highest BCUT2D eigenvalue weighted by molar-refractivity contribution is 6.08. The Balaban J connectivity index is 1.06. The van der Waals surface area contributed by atoms with Gasteiger partial charge in [0.25, 0.3) is 5.91 Å². The maximum absolute atomic E-state index is 13.5. The second kappa shape index (κ2) is 15.7. The Kier molecular flexibility index (Phi) is 11.0. The van der Waals surface area contributed by atoms with Crippen molar-refractivity contribution >= 4 is 23.3 Å². The number of nitrogens with one attached hydrogen (secondary N) is 1. The zero-order valence-electron chi connectivity index (χ0n) is 27.2. The van der Waals surface area contributed by atoms with Crippen molar-refractivity contribution in [1.82, 2.24) is 4.90 Å². The highest BCUT2D eigenvalue weighted by Crippen LogP contribution is 2.36.